The number of rotatable bonds is 5. The van der Waals surface area contributed by atoms with Crippen molar-refractivity contribution in [1.82, 2.24) is 0 Å². The van der Waals surface area contributed by atoms with E-state index in [1.54, 1.807) is 7.11 Å². The third kappa shape index (κ3) is 2.60. The largest absolute Gasteiger partial charge is 0.497 e. The molecule has 1 aromatic carbocycles. The van der Waals surface area contributed by atoms with Crippen LogP contribution < -0.4 is 4.74 Å². The van der Waals surface area contributed by atoms with Gasteiger partial charge < -0.3 is 9.47 Å². The van der Waals surface area contributed by atoms with Gasteiger partial charge in [0, 0.05) is 5.92 Å². The standard InChI is InChI=1S/C13H16O2/c1-3-11-8-13(11)15-9-10-4-6-12(14-2)7-5-10/h3-7,11,13H,1,8-9H2,2H3. The van der Waals surface area contributed by atoms with Crippen LogP contribution in [-0.2, 0) is 11.3 Å². The molecule has 2 heteroatoms. The maximum absolute atomic E-state index is 5.70. The first kappa shape index (κ1) is 10.2. The van der Waals surface area contributed by atoms with Gasteiger partial charge in [-0.3, -0.25) is 0 Å². The lowest BCUT2D eigenvalue weighted by molar-refractivity contribution is 0.0995. The summed E-state index contributed by atoms with van der Waals surface area (Å²) < 4.78 is 10.8. The Morgan fingerprint density at radius 1 is 1.40 bits per heavy atom. The highest BCUT2D eigenvalue weighted by Crippen LogP contribution is 2.35. The van der Waals surface area contributed by atoms with E-state index in [0.29, 0.717) is 18.6 Å². The lowest BCUT2D eigenvalue weighted by atomic mass is 10.2. The van der Waals surface area contributed by atoms with E-state index in [-0.39, 0.29) is 0 Å². The van der Waals surface area contributed by atoms with Crippen molar-refractivity contribution >= 4 is 0 Å². The van der Waals surface area contributed by atoms with Gasteiger partial charge in [-0.2, -0.15) is 0 Å². The Bertz CT molecular complexity index is 329. The molecule has 15 heavy (non-hydrogen) atoms. The van der Waals surface area contributed by atoms with Crippen molar-refractivity contribution in [3.8, 4) is 5.75 Å². The molecule has 0 bridgehead atoms. The fourth-order valence-electron chi connectivity index (χ4n) is 1.55. The summed E-state index contributed by atoms with van der Waals surface area (Å²) in [6.07, 6.45) is 3.49. The van der Waals surface area contributed by atoms with Gasteiger partial charge in [0.05, 0.1) is 19.8 Å². The summed E-state index contributed by atoms with van der Waals surface area (Å²) in [5, 5.41) is 0. The third-order valence-electron chi connectivity index (χ3n) is 2.70. The highest BCUT2D eigenvalue weighted by Gasteiger charge is 2.35. The van der Waals surface area contributed by atoms with E-state index in [0.717, 1.165) is 12.2 Å². The first-order valence-electron chi connectivity index (χ1n) is 5.20. The van der Waals surface area contributed by atoms with E-state index in [4.69, 9.17) is 9.47 Å². The topological polar surface area (TPSA) is 18.5 Å². The molecule has 0 N–H and O–H groups in total. The molecule has 1 aliphatic carbocycles. The van der Waals surface area contributed by atoms with Gasteiger partial charge in [-0.1, -0.05) is 18.2 Å². The van der Waals surface area contributed by atoms with Crippen LogP contribution >= 0.6 is 0 Å². The van der Waals surface area contributed by atoms with Gasteiger partial charge in [0.25, 0.3) is 0 Å². The van der Waals surface area contributed by atoms with E-state index in [9.17, 15) is 0 Å². The van der Waals surface area contributed by atoms with E-state index in [1.807, 2.05) is 30.3 Å². The zero-order chi connectivity index (χ0) is 10.7. The summed E-state index contributed by atoms with van der Waals surface area (Å²) >= 11 is 0. The van der Waals surface area contributed by atoms with Crippen LogP contribution in [0.15, 0.2) is 36.9 Å². The predicted octanol–water partition coefficient (Wildman–Crippen LogP) is 2.79. The quantitative estimate of drug-likeness (QED) is 0.687. The van der Waals surface area contributed by atoms with Crippen LogP contribution in [0.2, 0.25) is 0 Å². The molecule has 0 spiro atoms. The van der Waals surface area contributed by atoms with Crippen molar-refractivity contribution in [1.29, 1.82) is 0 Å². The van der Waals surface area contributed by atoms with Crippen LogP contribution in [0.25, 0.3) is 0 Å². The zero-order valence-corrected chi connectivity index (χ0v) is 8.98. The average Bonchev–Trinajstić information content (AvgIpc) is 3.06. The maximum Gasteiger partial charge on any atom is 0.118 e. The minimum Gasteiger partial charge on any atom is -0.497 e. The van der Waals surface area contributed by atoms with E-state index in [2.05, 4.69) is 6.58 Å². The summed E-state index contributed by atoms with van der Waals surface area (Å²) in [5.41, 5.74) is 1.19. The Labute approximate surface area is 90.5 Å². The minimum absolute atomic E-state index is 0.393. The Balaban J connectivity index is 1.81. The summed E-state index contributed by atoms with van der Waals surface area (Å²) in [5.74, 6) is 1.46. The molecule has 2 rings (SSSR count). The predicted molar refractivity (Wildman–Crippen MR) is 59.9 cm³/mol. The van der Waals surface area contributed by atoms with Crippen LogP contribution in [0.4, 0.5) is 0 Å². The summed E-state index contributed by atoms with van der Waals surface area (Å²) in [4.78, 5) is 0. The van der Waals surface area contributed by atoms with Crippen molar-refractivity contribution in [2.75, 3.05) is 7.11 Å². The molecule has 0 aromatic heterocycles. The number of ether oxygens (including phenoxy) is 2. The van der Waals surface area contributed by atoms with Crippen molar-refractivity contribution in [2.24, 2.45) is 5.92 Å². The van der Waals surface area contributed by atoms with Gasteiger partial charge in [-0.05, 0) is 24.1 Å². The second-order valence-electron chi connectivity index (χ2n) is 3.83. The molecule has 1 aromatic rings. The monoisotopic (exact) mass is 204 g/mol. The molecule has 2 atom stereocenters. The lowest BCUT2D eigenvalue weighted by Crippen LogP contribution is -1.96. The van der Waals surface area contributed by atoms with Gasteiger partial charge >= 0.3 is 0 Å². The Morgan fingerprint density at radius 3 is 2.67 bits per heavy atom. The second kappa shape index (κ2) is 4.49. The van der Waals surface area contributed by atoms with Crippen LogP contribution in [0.1, 0.15) is 12.0 Å². The Hall–Kier alpha value is -1.28. The molecule has 80 valence electrons. The van der Waals surface area contributed by atoms with Crippen molar-refractivity contribution in [3.05, 3.63) is 42.5 Å². The molecule has 0 radical (unpaired) electrons. The number of benzene rings is 1. The molecule has 1 fully saturated rings. The summed E-state index contributed by atoms with van der Waals surface area (Å²) in [6, 6.07) is 7.97. The molecule has 0 amide bonds. The smallest absolute Gasteiger partial charge is 0.118 e. The van der Waals surface area contributed by atoms with E-state index in [1.165, 1.54) is 5.56 Å². The molecule has 1 saturated carbocycles. The van der Waals surface area contributed by atoms with Crippen molar-refractivity contribution < 1.29 is 9.47 Å². The van der Waals surface area contributed by atoms with Gasteiger partial charge in [-0.15, -0.1) is 6.58 Å². The molecule has 0 aliphatic heterocycles. The Kier molecular flexibility index (Phi) is 3.07. The Morgan fingerprint density at radius 2 is 2.13 bits per heavy atom. The van der Waals surface area contributed by atoms with Crippen LogP contribution in [-0.4, -0.2) is 13.2 Å². The summed E-state index contributed by atoms with van der Waals surface area (Å²) in [7, 11) is 1.67. The molecule has 0 heterocycles. The third-order valence-corrected chi connectivity index (χ3v) is 2.70. The van der Waals surface area contributed by atoms with Gasteiger partial charge in [0.1, 0.15) is 5.75 Å². The molecular formula is C13H16O2. The van der Waals surface area contributed by atoms with E-state index < -0.39 is 0 Å². The van der Waals surface area contributed by atoms with Gasteiger partial charge in [0.15, 0.2) is 0 Å². The van der Waals surface area contributed by atoms with Crippen LogP contribution in [0, 0.1) is 5.92 Å². The van der Waals surface area contributed by atoms with Gasteiger partial charge in [-0.25, -0.2) is 0 Å². The SMILES string of the molecule is C=CC1CC1OCc1ccc(OC)cc1. The first-order valence-corrected chi connectivity index (χ1v) is 5.20. The van der Waals surface area contributed by atoms with Gasteiger partial charge in [0.2, 0.25) is 0 Å². The summed E-state index contributed by atoms with van der Waals surface area (Å²) in [6.45, 7) is 4.43. The molecule has 1 aliphatic rings. The number of hydrogen-bond acceptors (Lipinski definition) is 2. The fourth-order valence-corrected chi connectivity index (χ4v) is 1.55. The van der Waals surface area contributed by atoms with E-state index >= 15 is 0 Å². The normalized spacial score (nSPS) is 23.5. The zero-order valence-electron chi connectivity index (χ0n) is 8.98. The van der Waals surface area contributed by atoms with Crippen LogP contribution in [0.3, 0.4) is 0 Å². The molecule has 0 saturated heterocycles. The highest BCUT2D eigenvalue weighted by molar-refractivity contribution is 5.26. The number of methoxy groups -OCH3 is 1. The minimum atomic E-state index is 0.393. The first-order chi connectivity index (χ1) is 7.33. The highest BCUT2D eigenvalue weighted by atomic mass is 16.5. The fraction of sp³-hybridized carbons (Fsp3) is 0.385. The van der Waals surface area contributed by atoms with Crippen LogP contribution in [0.5, 0.6) is 5.75 Å². The molecular weight excluding hydrogens is 188 g/mol. The van der Waals surface area contributed by atoms with Crippen molar-refractivity contribution in [3.63, 3.8) is 0 Å². The number of hydrogen-bond donors (Lipinski definition) is 0. The average molecular weight is 204 g/mol. The molecule has 2 nitrogen and oxygen atoms in total. The lowest BCUT2D eigenvalue weighted by Gasteiger charge is -2.04. The molecule has 2 unspecified atom stereocenters. The second-order valence-corrected chi connectivity index (χ2v) is 3.83. The van der Waals surface area contributed by atoms with Crippen molar-refractivity contribution in [2.45, 2.75) is 19.1 Å². The maximum atomic E-state index is 5.70.